The molecule has 7 nitrogen and oxygen atoms in total. The van der Waals surface area contributed by atoms with Crippen LogP contribution in [0.5, 0.6) is 0 Å². The number of carboxylic acids is 1. The van der Waals surface area contributed by atoms with Gasteiger partial charge in [-0.3, -0.25) is 4.79 Å². The second kappa shape index (κ2) is 7.32. The Morgan fingerprint density at radius 2 is 2.00 bits per heavy atom. The summed E-state index contributed by atoms with van der Waals surface area (Å²) in [6.07, 6.45) is 0. The van der Waals surface area contributed by atoms with Crippen molar-refractivity contribution < 1.29 is 24.2 Å². The Balaban J connectivity index is 2.10. The van der Waals surface area contributed by atoms with E-state index >= 15 is 0 Å². The van der Waals surface area contributed by atoms with Gasteiger partial charge in [-0.2, -0.15) is 0 Å². The van der Waals surface area contributed by atoms with Gasteiger partial charge in [-0.1, -0.05) is 30.0 Å². The van der Waals surface area contributed by atoms with E-state index in [-0.39, 0.29) is 17.9 Å². The van der Waals surface area contributed by atoms with E-state index in [0.717, 1.165) is 17.3 Å². The van der Waals surface area contributed by atoms with E-state index in [1.807, 2.05) is 19.1 Å². The quantitative estimate of drug-likeness (QED) is 0.536. The number of para-hydroxylation sites is 1. The molecule has 0 fully saturated rings. The average molecular weight is 386 g/mol. The fraction of sp³-hybridized carbons (Fsp3) is 0.211. The minimum Gasteiger partial charge on any atom is -0.478 e. The molecule has 0 saturated heterocycles. The van der Waals surface area contributed by atoms with Crippen molar-refractivity contribution in [1.29, 1.82) is 0 Å². The number of rotatable bonds is 5. The van der Waals surface area contributed by atoms with Crippen LogP contribution in [0.4, 0.5) is 11.4 Å². The molecule has 0 bridgehead atoms. The molecule has 0 aromatic heterocycles. The standard InChI is InChI=1S/C19H18N2O5S/c1-3-26-18(25)19(21-13-7-5-4-6-12(13)16(22)23)17(24)20-14-9-8-11(2)10-15(14)27-19/h4-10,21H,3H2,1-2H3,(H,20,24)(H,22,23). The SMILES string of the molecule is CCOC(=O)C1(Nc2ccccc2C(=O)O)Sc2cc(C)ccc2NC1=O. The van der Waals surface area contributed by atoms with Crippen LogP contribution in [0.1, 0.15) is 22.8 Å². The molecule has 1 unspecified atom stereocenters. The number of thioether (sulfide) groups is 1. The van der Waals surface area contributed by atoms with Gasteiger partial charge < -0.3 is 20.5 Å². The summed E-state index contributed by atoms with van der Waals surface area (Å²) in [5, 5.41) is 15.0. The van der Waals surface area contributed by atoms with Crippen LogP contribution in [-0.2, 0) is 14.3 Å². The van der Waals surface area contributed by atoms with Gasteiger partial charge in [0.25, 0.3) is 10.8 Å². The van der Waals surface area contributed by atoms with Crippen LogP contribution < -0.4 is 10.6 Å². The maximum atomic E-state index is 12.9. The Kier molecular flexibility index (Phi) is 5.09. The van der Waals surface area contributed by atoms with Gasteiger partial charge in [0.2, 0.25) is 0 Å². The van der Waals surface area contributed by atoms with Crippen molar-refractivity contribution in [2.45, 2.75) is 23.6 Å². The summed E-state index contributed by atoms with van der Waals surface area (Å²) < 4.78 is 5.14. The fourth-order valence-electron chi connectivity index (χ4n) is 2.71. The number of benzene rings is 2. The lowest BCUT2D eigenvalue weighted by Gasteiger charge is -2.35. The highest BCUT2D eigenvalue weighted by Gasteiger charge is 2.52. The molecule has 1 heterocycles. The number of fused-ring (bicyclic) bond motifs is 1. The number of aromatic carboxylic acids is 1. The Hall–Kier alpha value is -3.00. The van der Waals surface area contributed by atoms with Gasteiger partial charge in [-0.25, -0.2) is 9.59 Å². The molecule has 3 N–H and O–H groups in total. The van der Waals surface area contributed by atoms with E-state index in [1.165, 1.54) is 12.1 Å². The second-order valence-corrected chi connectivity index (χ2v) is 7.19. The van der Waals surface area contributed by atoms with E-state index in [9.17, 15) is 19.5 Å². The van der Waals surface area contributed by atoms with Crippen LogP contribution in [-0.4, -0.2) is 34.4 Å². The number of carbonyl (C=O) groups is 3. The summed E-state index contributed by atoms with van der Waals surface area (Å²) in [4.78, 5) is 36.1. The molecule has 0 saturated carbocycles. The number of hydrogen-bond donors (Lipinski definition) is 3. The number of anilines is 2. The van der Waals surface area contributed by atoms with E-state index in [2.05, 4.69) is 10.6 Å². The molecule has 1 amide bonds. The van der Waals surface area contributed by atoms with Crippen molar-refractivity contribution in [3.63, 3.8) is 0 Å². The van der Waals surface area contributed by atoms with Crippen molar-refractivity contribution in [3.8, 4) is 0 Å². The third-order valence-corrected chi connectivity index (χ3v) is 5.32. The highest BCUT2D eigenvalue weighted by Crippen LogP contribution is 2.44. The highest BCUT2D eigenvalue weighted by atomic mass is 32.2. The average Bonchev–Trinajstić information content (AvgIpc) is 2.63. The van der Waals surface area contributed by atoms with Gasteiger partial charge in [-0.05, 0) is 43.7 Å². The third-order valence-electron chi connectivity index (χ3n) is 4.00. The number of esters is 1. The largest absolute Gasteiger partial charge is 0.478 e. The van der Waals surface area contributed by atoms with Gasteiger partial charge in [0.05, 0.1) is 23.5 Å². The number of hydrogen-bond acceptors (Lipinski definition) is 6. The molecule has 3 rings (SSSR count). The maximum absolute atomic E-state index is 12.9. The Bertz CT molecular complexity index is 930. The van der Waals surface area contributed by atoms with Crippen LogP contribution in [0, 0.1) is 6.92 Å². The second-order valence-electron chi connectivity index (χ2n) is 5.93. The molecular formula is C19H18N2O5S. The lowest BCUT2D eigenvalue weighted by atomic mass is 10.1. The molecule has 27 heavy (non-hydrogen) atoms. The smallest absolute Gasteiger partial charge is 0.352 e. The number of ether oxygens (including phenoxy) is 1. The molecule has 0 aliphatic carbocycles. The molecule has 140 valence electrons. The van der Waals surface area contributed by atoms with Crippen LogP contribution >= 0.6 is 11.8 Å². The molecule has 1 aliphatic heterocycles. The lowest BCUT2D eigenvalue weighted by molar-refractivity contribution is -0.147. The normalized spacial score (nSPS) is 18.2. The number of nitrogens with one attached hydrogen (secondary N) is 2. The van der Waals surface area contributed by atoms with Gasteiger partial charge in [0.1, 0.15) is 0 Å². The number of carboxylic acid groups (broad SMARTS) is 1. The first-order valence-electron chi connectivity index (χ1n) is 8.26. The molecule has 1 atom stereocenters. The topological polar surface area (TPSA) is 105 Å². The summed E-state index contributed by atoms with van der Waals surface area (Å²) in [5.41, 5.74) is 1.64. The Morgan fingerprint density at radius 1 is 1.26 bits per heavy atom. The molecular weight excluding hydrogens is 368 g/mol. The highest BCUT2D eigenvalue weighted by molar-refractivity contribution is 8.02. The molecule has 0 radical (unpaired) electrons. The first kappa shape index (κ1) is 18.8. The minimum absolute atomic E-state index is 0.0513. The van der Waals surface area contributed by atoms with Gasteiger partial charge in [-0.15, -0.1) is 0 Å². The number of amides is 1. The van der Waals surface area contributed by atoms with Crippen molar-refractivity contribution in [3.05, 3.63) is 53.6 Å². The summed E-state index contributed by atoms with van der Waals surface area (Å²) in [7, 11) is 0. The van der Waals surface area contributed by atoms with Gasteiger partial charge in [0.15, 0.2) is 0 Å². The van der Waals surface area contributed by atoms with Crippen molar-refractivity contribution >= 4 is 41.0 Å². The predicted octanol–water partition coefficient (Wildman–Crippen LogP) is 3.11. The lowest BCUT2D eigenvalue weighted by Crippen LogP contribution is -2.56. The maximum Gasteiger partial charge on any atom is 0.352 e. The molecule has 1 aliphatic rings. The summed E-state index contributed by atoms with van der Waals surface area (Å²) in [6, 6.07) is 11.5. The van der Waals surface area contributed by atoms with Crippen molar-refractivity contribution in [2.24, 2.45) is 0 Å². The molecule has 0 spiro atoms. The van der Waals surface area contributed by atoms with Crippen LogP contribution in [0.3, 0.4) is 0 Å². The third kappa shape index (κ3) is 3.48. The zero-order valence-corrected chi connectivity index (χ0v) is 15.6. The summed E-state index contributed by atoms with van der Waals surface area (Å²) in [6.45, 7) is 3.62. The first-order valence-corrected chi connectivity index (χ1v) is 9.08. The number of aryl methyl sites for hydroxylation is 1. The summed E-state index contributed by atoms with van der Waals surface area (Å²) >= 11 is 0.999. The van der Waals surface area contributed by atoms with Gasteiger partial charge >= 0.3 is 11.9 Å². The zero-order chi connectivity index (χ0) is 19.6. The van der Waals surface area contributed by atoms with E-state index in [1.54, 1.807) is 25.1 Å². The molecule has 2 aromatic rings. The van der Waals surface area contributed by atoms with Crippen molar-refractivity contribution in [1.82, 2.24) is 0 Å². The van der Waals surface area contributed by atoms with E-state index in [4.69, 9.17) is 4.74 Å². The zero-order valence-electron chi connectivity index (χ0n) is 14.7. The first-order chi connectivity index (χ1) is 12.9. The summed E-state index contributed by atoms with van der Waals surface area (Å²) in [5.74, 6) is -2.59. The molecule has 8 heteroatoms. The minimum atomic E-state index is -1.84. The Morgan fingerprint density at radius 3 is 2.70 bits per heavy atom. The van der Waals surface area contributed by atoms with E-state index < -0.39 is 22.7 Å². The van der Waals surface area contributed by atoms with Crippen LogP contribution in [0.2, 0.25) is 0 Å². The molecule has 2 aromatic carbocycles. The Labute approximate surface area is 160 Å². The monoisotopic (exact) mass is 386 g/mol. The fourth-order valence-corrected chi connectivity index (χ4v) is 3.96. The van der Waals surface area contributed by atoms with Crippen LogP contribution in [0.25, 0.3) is 0 Å². The van der Waals surface area contributed by atoms with Crippen LogP contribution in [0.15, 0.2) is 47.4 Å². The van der Waals surface area contributed by atoms with Crippen molar-refractivity contribution in [2.75, 3.05) is 17.2 Å². The number of carbonyl (C=O) groups excluding carboxylic acids is 2. The van der Waals surface area contributed by atoms with E-state index in [0.29, 0.717) is 10.6 Å². The predicted molar refractivity (Wildman–Crippen MR) is 102 cm³/mol. The van der Waals surface area contributed by atoms with Gasteiger partial charge in [0, 0.05) is 4.90 Å².